The third kappa shape index (κ3) is 4.27. The van der Waals surface area contributed by atoms with Crippen LogP contribution in [-0.2, 0) is 16.6 Å². The van der Waals surface area contributed by atoms with E-state index in [0.717, 1.165) is 50.5 Å². The van der Waals surface area contributed by atoms with Crippen LogP contribution in [0.2, 0.25) is 0 Å². The molecule has 1 spiro atoms. The van der Waals surface area contributed by atoms with E-state index in [0.29, 0.717) is 12.0 Å². The Morgan fingerprint density at radius 2 is 1.83 bits per heavy atom. The van der Waals surface area contributed by atoms with E-state index in [1.54, 1.807) is 0 Å². The van der Waals surface area contributed by atoms with Gasteiger partial charge in [0.15, 0.2) is 0 Å². The average Bonchev–Trinajstić information content (AvgIpc) is 3.28. The number of carbonyl (C=O) groups is 1. The summed E-state index contributed by atoms with van der Waals surface area (Å²) in [6.45, 7) is 5.05. The van der Waals surface area contributed by atoms with Crippen molar-refractivity contribution < 1.29 is 4.79 Å². The molecule has 0 unspecified atom stereocenters. The van der Waals surface area contributed by atoms with Crippen LogP contribution in [-0.4, -0.2) is 47.0 Å². The zero-order valence-corrected chi connectivity index (χ0v) is 21.4. The third-order valence-electron chi connectivity index (χ3n) is 9.88. The lowest BCUT2D eigenvalue weighted by molar-refractivity contribution is -0.114. The molecule has 1 aromatic heterocycles. The topological polar surface area (TPSA) is 36.4 Å². The first-order valence-electron chi connectivity index (χ1n) is 14.2. The van der Waals surface area contributed by atoms with Gasteiger partial charge in [-0.1, -0.05) is 55.7 Å². The second kappa shape index (κ2) is 9.78. The minimum absolute atomic E-state index is 0.0601. The lowest BCUT2D eigenvalue weighted by atomic mass is 9.66. The average molecular weight is 472 g/mol. The van der Waals surface area contributed by atoms with Gasteiger partial charge in [-0.05, 0) is 80.9 Å². The van der Waals surface area contributed by atoms with Crippen molar-refractivity contribution >= 4 is 6.29 Å². The summed E-state index contributed by atoms with van der Waals surface area (Å²) in [6.07, 6.45) is 13.9. The maximum absolute atomic E-state index is 12.5. The molecule has 2 aromatic rings. The molecule has 186 valence electrons. The molecule has 1 saturated carbocycles. The molecule has 4 atom stereocenters. The molecule has 4 aliphatic rings. The lowest BCUT2D eigenvalue weighted by Crippen LogP contribution is -2.55. The summed E-state index contributed by atoms with van der Waals surface area (Å²) in [5.74, 6) is 1.50. The van der Waals surface area contributed by atoms with E-state index in [4.69, 9.17) is 4.98 Å². The molecule has 2 aliphatic heterocycles. The first kappa shape index (κ1) is 23.4. The number of aromatic nitrogens is 1. The van der Waals surface area contributed by atoms with Crippen molar-refractivity contribution in [3.8, 4) is 0 Å². The molecule has 3 fully saturated rings. The number of hydrazine groups is 1. The Morgan fingerprint density at radius 3 is 2.63 bits per heavy atom. The zero-order chi connectivity index (χ0) is 23.8. The van der Waals surface area contributed by atoms with Gasteiger partial charge in [0.1, 0.15) is 6.29 Å². The normalized spacial score (nSPS) is 32.5. The van der Waals surface area contributed by atoms with Crippen LogP contribution in [0, 0.1) is 18.8 Å². The van der Waals surface area contributed by atoms with Crippen LogP contribution in [0.1, 0.15) is 86.2 Å². The SMILES string of the molecule is Cc1ccc2c(n1)CCC[C@]21CN(N2CC[C@@H](c3ccccc3)C[C@H]2C2CCCCC2)C[C@H]1C=O. The van der Waals surface area contributed by atoms with Gasteiger partial charge in [-0.25, -0.2) is 10.0 Å². The van der Waals surface area contributed by atoms with Crippen LogP contribution < -0.4 is 0 Å². The van der Waals surface area contributed by atoms with E-state index in [2.05, 4.69) is 59.4 Å². The van der Waals surface area contributed by atoms with E-state index in [-0.39, 0.29) is 11.3 Å². The van der Waals surface area contributed by atoms with Gasteiger partial charge in [0.2, 0.25) is 0 Å². The van der Waals surface area contributed by atoms with Crippen LogP contribution >= 0.6 is 0 Å². The summed E-state index contributed by atoms with van der Waals surface area (Å²) in [6, 6.07) is 16.3. The number of nitrogens with zero attached hydrogens (tertiary/aromatic N) is 3. The quantitative estimate of drug-likeness (QED) is 0.525. The third-order valence-corrected chi connectivity index (χ3v) is 9.88. The number of aldehydes is 1. The Kier molecular flexibility index (Phi) is 6.53. The first-order valence-corrected chi connectivity index (χ1v) is 14.2. The fraction of sp³-hybridized carbons (Fsp3) is 0.613. The van der Waals surface area contributed by atoms with E-state index in [1.807, 2.05) is 0 Å². The summed E-state index contributed by atoms with van der Waals surface area (Å²) in [7, 11) is 0. The molecule has 0 bridgehead atoms. The molecule has 4 heteroatoms. The highest BCUT2D eigenvalue weighted by molar-refractivity contribution is 5.60. The van der Waals surface area contributed by atoms with E-state index in [9.17, 15) is 4.79 Å². The Labute approximate surface area is 211 Å². The number of pyridine rings is 1. The standard InChI is InChI=1S/C31H41N3O/c1-23-14-15-28-29(32-23)13-8-17-31(28)22-33(20-27(31)21-35)34-18-16-26(24-9-4-2-5-10-24)19-30(34)25-11-6-3-7-12-25/h2,4-5,9-10,14-15,21,25-27,30H,3,6-8,11-13,16-20,22H2,1H3/t26-,27+,30+,31-/m1/s1. The first-order chi connectivity index (χ1) is 17.2. The van der Waals surface area contributed by atoms with Crippen molar-refractivity contribution in [1.29, 1.82) is 0 Å². The number of hydrogen-bond acceptors (Lipinski definition) is 4. The predicted molar refractivity (Wildman–Crippen MR) is 140 cm³/mol. The van der Waals surface area contributed by atoms with Gasteiger partial charge in [-0.3, -0.25) is 4.98 Å². The van der Waals surface area contributed by atoms with Crippen LogP contribution in [0.15, 0.2) is 42.5 Å². The van der Waals surface area contributed by atoms with Crippen LogP contribution in [0.4, 0.5) is 0 Å². The van der Waals surface area contributed by atoms with Gasteiger partial charge in [-0.15, -0.1) is 0 Å². The van der Waals surface area contributed by atoms with Crippen molar-refractivity contribution in [2.24, 2.45) is 11.8 Å². The molecule has 0 amide bonds. The molecule has 2 aliphatic carbocycles. The van der Waals surface area contributed by atoms with E-state index in [1.165, 1.54) is 68.1 Å². The van der Waals surface area contributed by atoms with Crippen molar-refractivity contribution in [3.63, 3.8) is 0 Å². The molecular weight excluding hydrogens is 430 g/mol. The van der Waals surface area contributed by atoms with Gasteiger partial charge < -0.3 is 4.79 Å². The maximum atomic E-state index is 12.5. The monoisotopic (exact) mass is 471 g/mol. The summed E-state index contributed by atoms with van der Waals surface area (Å²) in [5, 5.41) is 5.39. The van der Waals surface area contributed by atoms with Gasteiger partial charge in [0.25, 0.3) is 0 Å². The van der Waals surface area contributed by atoms with Gasteiger partial charge in [-0.2, -0.15) is 0 Å². The molecule has 3 heterocycles. The molecule has 2 saturated heterocycles. The Balaban J connectivity index is 1.30. The highest BCUT2D eigenvalue weighted by atomic mass is 16.1. The Hall–Kier alpha value is -2.04. The Morgan fingerprint density at radius 1 is 1.00 bits per heavy atom. The molecular formula is C31H41N3O. The predicted octanol–water partition coefficient (Wildman–Crippen LogP) is 5.84. The van der Waals surface area contributed by atoms with Crippen molar-refractivity contribution in [2.75, 3.05) is 19.6 Å². The molecule has 6 rings (SSSR count). The number of aryl methyl sites for hydroxylation is 2. The fourth-order valence-electron chi connectivity index (χ4n) is 8.11. The van der Waals surface area contributed by atoms with Crippen molar-refractivity contribution in [3.05, 3.63) is 65.0 Å². The minimum Gasteiger partial charge on any atom is -0.303 e. The number of benzene rings is 1. The second-order valence-corrected chi connectivity index (χ2v) is 11.8. The maximum Gasteiger partial charge on any atom is 0.125 e. The molecule has 35 heavy (non-hydrogen) atoms. The number of piperidine rings is 1. The second-order valence-electron chi connectivity index (χ2n) is 11.8. The lowest BCUT2D eigenvalue weighted by Gasteiger charge is -2.49. The van der Waals surface area contributed by atoms with E-state index >= 15 is 0 Å². The summed E-state index contributed by atoms with van der Waals surface area (Å²) < 4.78 is 0. The van der Waals surface area contributed by atoms with Gasteiger partial charge in [0.05, 0.1) is 0 Å². The summed E-state index contributed by atoms with van der Waals surface area (Å²) in [5.41, 5.74) is 5.15. The number of carbonyl (C=O) groups excluding carboxylic acids is 1. The van der Waals surface area contributed by atoms with Crippen LogP contribution in [0.5, 0.6) is 0 Å². The molecule has 0 radical (unpaired) electrons. The van der Waals surface area contributed by atoms with Crippen molar-refractivity contribution in [2.45, 2.75) is 88.5 Å². The fourth-order valence-corrected chi connectivity index (χ4v) is 8.11. The van der Waals surface area contributed by atoms with Gasteiger partial charge in [0, 0.05) is 48.4 Å². The smallest absolute Gasteiger partial charge is 0.125 e. The number of hydrogen-bond donors (Lipinski definition) is 0. The number of fused-ring (bicyclic) bond motifs is 2. The van der Waals surface area contributed by atoms with Crippen LogP contribution in [0.3, 0.4) is 0 Å². The van der Waals surface area contributed by atoms with Crippen molar-refractivity contribution in [1.82, 2.24) is 15.0 Å². The minimum atomic E-state index is -0.0660. The summed E-state index contributed by atoms with van der Waals surface area (Å²) in [4.78, 5) is 17.5. The summed E-state index contributed by atoms with van der Waals surface area (Å²) >= 11 is 0. The van der Waals surface area contributed by atoms with E-state index < -0.39 is 0 Å². The number of rotatable bonds is 4. The largest absolute Gasteiger partial charge is 0.303 e. The highest BCUT2D eigenvalue weighted by Crippen LogP contribution is 2.49. The highest BCUT2D eigenvalue weighted by Gasteiger charge is 2.52. The molecule has 4 nitrogen and oxygen atoms in total. The molecule has 0 N–H and O–H groups in total. The Bertz CT molecular complexity index is 1030. The zero-order valence-electron chi connectivity index (χ0n) is 21.4. The molecule has 1 aromatic carbocycles. The van der Waals surface area contributed by atoms with Crippen LogP contribution in [0.25, 0.3) is 0 Å². The van der Waals surface area contributed by atoms with Gasteiger partial charge >= 0.3 is 0 Å².